The molecule has 1 aromatic heterocycles. The summed E-state index contributed by atoms with van der Waals surface area (Å²) in [5.74, 6) is -0.143. The Bertz CT molecular complexity index is 808. The first-order valence-corrected chi connectivity index (χ1v) is 9.64. The minimum absolute atomic E-state index is 0.0134. The highest BCUT2D eigenvalue weighted by Gasteiger charge is 2.44. The third-order valence-electron chi connectivity index (χ3n) is 5.67. The Labute approximate surface area is 158 Å². The van der Waals surface area contributed by atoms with Crippen molar-refractivity contribution < 1.29 is 4.79 Å². The van der Waals surface area contributed by atoms with Crippen LogP contribution in [-0.2, 0) is 5.41 Å². The number of halogens is 1. The van der Waals surface area contributed by atoms with Crippen molar-refractivity contribution >= 4 is 17.5 Å². The van der Waals surface area contributed by atoms with Crippen LogP contribution in [0.15, 0.2) is 24.3 Å². The number of nitrogens with one attached hydrogen (secondary N) is 2. The van der Waals surface area contributed by atoms with Gasteiger partial charge in [0, 0.05) is 17.0 Å². The zero-order valence-electron chi connectivity index (χ0n) is 15.0. The number of hydrogen-bond donors (Lipinski definition) is 2. The molecule has 138 valence electrons. The van der Waals surface area contributed by atoms with Crippen molar-refractivity contribution in [2.75, 3.05) is 19.6 Å². The number of hydrogen-bond acceptors (Lipinski definition) is 4. The van der Waals surface area contributed by atoms with Gasteiger partial charge in [0.15, 0.2) is 5.69 Å². The average molecular weight is 374 g/mol. The Morgan fingerprint density at radius 3 is 2.85 bits per heavy atom. The molecule has 0 radical (unpaired) electrons. The molecule has 2 aromatic rings. The molecular weight excluding hydrogens is 350 g/mol. The maximum atomic E-state index is 12.7. The fourth-order valence-electron chi connectivity index (χ4n) is 3.82. The first-order valence-electron chi connectivity index (χ1n) is 9.26. The maximum Gasteiger partial charge on any atom is 0.273 e. The van der Waals surface area contributed by atoms with Gasteiger partial charge in [-0.25, -0.2) is 4.68 Å². The fraction of sp³-hybridized carbons (Fsp3) is 0.526. The Morgan fingerprint density at radius 1 is 1.38 bits per heavy atom. The largest absolute Gasteiger partial charge is 0.350 e. The van der Waals surface area contributed by atoms with Crippen LogP contribution >= 0.6 is 11.6 Å². The second kappa shape index (κ2) is 7.00. The van der Waals surface area contributed by atoms with Crippen molar-refractivity contribution in [1.29, 1.82) is 0 Å². The molecule has 26 heavy (non-hydrogen) atoms. The molecule has 7 heteroatoms. The molecule has 0 bridgehead atoms. The average Bonchev–Trinajstić information content (AvgIpc) is 3.36. The molecule has 4 rings (SSSR count). The number of benzene rings is 1. The minimum Gasteiger partial charge on any atom is -0.350 e. The Balaban J connectivity index is 1.43. The van der Waals surface area contributed by atoms with E-state index in [2.05, 4.69) is 27.0 Å². The number of rotatable bonds is 5. The van der Waals surface area contributed by atoms with Crippen LogP contribution in [0.4, 0.5) is 0 Å². The number of nitrogens with zero attached hydrogens (tertiary/aromatic N) is 3. The summed E-state index contributed by atoms with van der Waals surface area (Å²) in [5.41, 5.74) is 2.49. The highest BCUT2D eigenvalue weighted by Crippen LogP contribution is 2.48. The van der Waals surface area contributed by atoms with E-state index in [-0.39, 0.29) is 11.3 Å². The molecule has 0 spiro atoms. The lowest BCUT2D eigenvalue weighted by Gasteiger charge is -2.23. The van der Waals surface area contributed by atoms with Crippen molar-refractivity contribution in [3.8, 4) is 0 Å². The molecule has 2 N–H and O–H groups in total. The van der Waals surface area contributed by atoms with E-state index in [1.54, 1.807) is 0 Å². The molecule has 1 aromatic carbocycles. The van der Waals surface area contributed by atoms with Crippen LogP contribution in [0.5, 0.6) is 0 Å². The summed E-state index contributed by atoms with van der Waals surface area (Å²) in [5, 5.41) is 15.6. The lowest BCUT2D eigenvalue weighted by Crippen LogP contribution is -2.33. The van der Waals surface area contributed by atoms with Crippen LogP contribution in [-0.4, -0.2) is 40.5 Å². The van der Waals surface area contributed by atoms with Crippen molar-refractivity contribution in [2.24, 2.45) is 0 Å². The zero-order chi connectivity index (χ0) is 18.1. The number of aromatic nitrogens is 3. The molecule has 0 atom stereocenters. The van der Waals surface area contributed by atoms with Crippen LogP contribution in [0.3, 0.4) is 0 Å². The van der Waals surface area contributed by atoms with Gasteiger partial charge in [-0.1, -0.05) is 28.9 Å². The smallest absolute Gasteiger partial charge is 0.273 e. The summed E-state index contributed by atoms with van der Waals surface area (Å²) in [7, 11) is 0. The van der Waals surface area contributed by atoms with Gasteiger partial charge in [0.2, 0.25) is 0 Å². The number of piperidine rings is 1. The lowest BCUT2D eigenvalue weighted by atomic mass is 9.96. The van der Waals surface area contributed by atoms with Crippen LogP contribution in [0.2, 0.25) is 5.02 Å². The highest BCUT2D eigenvalue weighted by molar-refractivity contribution is 6.30. The van der Waals surface area contributed by atoms with E-state index in [1.807, 2.05) is 29.8 Å². The minimum atomic E-state index is -0.143. The molecule has 1 amide bonds. The highest BCUT2D eigenvalue weighted by atomic mass is 35.5. The maximum absolute atomic E-state index is 12.7. The van der Waals surface area contributed by atoms with Gasteiger partial charge in [-0.15, -0.1) is 5.10 Å². The van der Waals surface area contributed by atoms with E-state index in [9.17, 15) is 4.79 Å². The SMILES string of the molecule is Cc1c(C(=O)NCC2(c3cccc(Cl)c3)CC2)nnn1C1CCNCC1. The van der Waals surface area contributed by atoms with Crippen LogP contribution in [0.25, 0.3) is 0 Å². The van der Waals surface area contributed by atoms with Crippen molar-refractivity contribution in [3.63, 3.8) is 0 Å². The molecule has 2 heterocycles. The summed E-state index contributed by atoms with van der Waals surface area (Å²) in [6.07, 6.45) is 4.16. The monoisotopic (exact) mass is 373 g/mol. The van der Waals surface area contributed by atoms with E-state index in [4.69, 9.17) is 11.6 Å². The molecule has 1 saturated heterocycles. The molecule has 6 nitrogen and oxygen atoms in total. The number of carbonyl (C=O) groups is 1. The summed E-state index contributed by atoms with van der Waals surface area (Å²) >= 11 is 6.12. The molecule has 1 aliphatic carbocycles. The van der Waals surface area contributed by atoms with E-state index < -0.39 is 0 Å². The Kier molecular flexibility index (Phi) is 4.71. The summed E-state index contributed by atoms with van der Waals surface area (Å²) in [4.78, 5) is 12.7. The molecule has 2 aliphatic rings. The van der Waals surface area contributed by atoms with E-state index in [0.29, 0.717) is 18.3 Å². The molecular formula is C19H24ClN5O. The molecule has 0 unspecified atom stereocenters. The predicted molar refractivity (Wildman–Crippen MR) is 101 cm³/mol. The normalized spacial score (nSPS) is 19.3. The van der Waals surface area contributed by atoms with Gasteiger partial charge in [0.25, 0.3) is 5.91 Å². The summed E-state index contributed by atoms with van der Waals surface area (Å²) in [6.45, 7) is 4.49. The third kappa shape index (κ3) is 3.35. The van der Waals surface area contributed by atoms with Crippen LogP contribution < -0.4 is 10.6 Å². The first-order chi connectivity index (χ1) is 12.6. The third-order valence-corrected chi connectivity index (χ3v) is 5.91. The second-order valence-corrected chi connectivity index (χ2v) is 7.86. The fourth-order valence-corrected chi connectivity index (χ4v) is 4.01. The standard InChI is InChI=1S/C19H24ClN5O/c1-13-17(23-24-25(13)16-5-9-21-10-6-16)18(26)22-12-19(7-8-19)14-3-2-4-15(20)11-14/h2-4,11,16,21H,5-10,12H2,1H3,(H,22,26). The summed E-state index contributed by atoms with van der Waals surface area (Å²) < 4.78 is 1.92. The van der Waals surface area contributed by atoms with Crippen molar-refractivity contribution in [3.05, 3.63) is 46.2 Å². The predicted octanol–water partition coefficient (Wildman–Crippen LogP) is 2.63. The van der Waals surface area contributed by atoms with E-state index in [1.165, 1.54) is 5.56 Å². The van der Waals surface area contributed by atoms with Crippen LogP contribution in [0.1, 0.15) is 53.5 Å². The zero-order valence-corrected chi connectivity index (χ0v) is 15.7. The molecule has 1 saturated carbocycles. The van der Waals surface area contributed by atoms with Gasteiger partial charge in [0.05, 0.1) is 11.7 Å². The lowest BCUT2D eigenvalue weighted by molar-refractivity contribution is 0.0944. The van der Waals surface area contributed by atoms with Gasteiger partial charge in [-0.05, 0) is 63.4 Å². The van der Waals surface area contributed by atoms with Gasteiger partial charge in [0.1, 0.15) is 0 Å². The Hall–Kier alpha value is -1.92. The molecule has 1 aliphatic heterocycles. The number of amides is 1. The quantitative estimate of drug-likeness (QED) is 0.845. The van der Waals surface area contributed by atoms with Gasteiger partial charge >= 0.3 is 0 Å². The topological polar surface area (TPSA) is 71.8 Å². The van der Waals surface area contributed by atoms with Gasteiger partial charge < -0.3 is 10.6 Å². The van der Waals surface area contributed by atoms with Crippen LogP contribution in [0, 0.1) is 6.92 Å². The van der Waals surface area contributed by atoms with Gasteiger partial charge in [-0.3, -0.25) is 4.79 Å². The first kappa shape index (κ1) is 17.5. The Morgan fingerprint density at radius 2 is 2.15 bits per heavy atom. The molecule has 2 fully saturated rings. The summed E-state index contributed by atoms with van der Waals surface area (Å²) in [6, 6.07) is 8.26. The second-order valence-electron chi connectivity index (χ2n) is 7.42. The van der Waals surface area contributed by atoms with E-state index >= 15 is 0 Å². The van der Waals surface area contributed by atoms with Crippen molar-refractivity contribution in [1.82, 2.24) is 25.6 Å². The van der Waals surface area contributed by atoms with E-state index in [0.717, 1.165) is 49.5 Å². The van der Waals surface area contributed by atoms with Gasteiger partial charge in [-0.2, -0.15) is 0 Å². The van der Waals surface area contributed by atoms with Crippen molar-refractivity contribution in [2.45, 2.75) is 44.1 Å². The number of carbonyl (C=O) groups excluding carboxylic acids is 1.